The Balaban J connectivity index is 1.43. The van der Waals surface area contributed by atoms with Crippen molar-refractivity contribution in [2.75, 3.05) is 24.6 Å². The smallest absolute Gasteiger partial charge is 0.262 e. The molecular formula is C22H19N3O4S. The van der Waals surface area contributed by atoms with Crippen LogP contribution in [-0.2, 0) is 9.53 Å². The molecule has 2 aliphatic rings. The Labute approximate surface area is 176 Å². The standard InChI is InChI=1S/C22H19N3O4S/c26-19(13-25-20(27)15-7-1-2-8-16(15)21(25)28)24(12-14-6-5-11-29-14)22-23-17-9-3-4-10-18(17)30-22/h1-4,7-10,14H,5-6,11-13H2. The number of carbonyl (C=O) groups is 3. The van der Waals surface area contributed by atoms with E-state index < -0.39 is 11.8 Å². The van der Waals surface area contributed by atoms with E-state index in [0.717, 1.165) is 28.0 Å². The van der Waals surface area contributed by atoms with Crippen molar-refractivity contribution in [1.29, 1.82) is 0 Å². The van der Waals surface area contributed by atoms with Gasteiger partial charge in [0.05, 0.1) is 34.0 Å². The maximum absolute atomic E-state index is 13.3. The number of aromatic nitrogens is 1. The van der Waals surface area contributed by atoms with E-state index in [1.807, 2.05) is 24.3 Å². The van der Waals surface area contributed by atoms with Crippen LogP contribution >= 0.6 is 11.3 Å². The predicted octanol–water partition coefficient (Wildman–Crippen LogP) is 3.10. The summed E-state index contributed by atoms with van der Waals surface area (Å²) in [5.74, 6) is -1.23. The van der Waals surface area contributed by atoms with Crippen LogP contribution in [0.3, 0.4) is 0 Å². The molecule has 1 fully saturated rings. The van der Waals surface area contributed by atoms with Gasteiger partial charge in [-0.05, 0) is 37.1 Å². The van der Waals surface area contributed by atoms with Crippen LogP contribution < -0.4 is 4.90 Å². The zero-order valence-corrected chi connectivity index (χ0v) is 16.9. The fourth-order valence-corrected chi connectivity index (χ4v) is 4.85. The third-order valence-corrected chi connectivity index (χ3v) is 6.46. The quantitative estimate of drug-likeness (QED) is 0.592. The molecule has 0 saturated carbocycles. The summed E-state index contributed by atoms with van der Waals surface area (Å²) in [5, 5.41) is 0.549. The van der Waals surface area contributed by atoms with Gasteiger partial charge >= 0.3 is 0 Å². The zero-order valence-electron chi connectivity index (χ0n) is 16.1. The maximum Gasteiger partial charge on any atom is 0.262 e. The second kappa shape index (κ2) is 7.62. The molecular weight excluding hydrogens is 402 g/mol. The molecule has 0 aliphatic carbocycles. The molecule has 2 aliphatic heterocycles. The minimum Gasteiger partial charge on any atom is -0.376 e. The van der Waals surface area contributed by atoms with Gasteiger partial charge in [-0.15, -0.1) is 0 Å². The average Bonchev–Trinajstić information content (AvgIpc) is 3.48. The Morgan fingerprint density at radius 1 is 1.10 bits per heavy atom. The van der Waals surface area contributed by atoms with Crippen molar-refractivity contribution in [2.24, 2.45) is 0 Å². The number of anilines is 1. The first-order valence-electron chi connectivity index (χ1n) is 9.84. The van der Waals surface area contributed by atoms with E-state index in [0.29, 0.717) is 29.4 Å². The molecule has 1 aromatic heterocycles. The largest absolute Gasteiger partial charge is 0.376 e. The summed E-state index contributed by atoms with van der Waals surface area (Å²) < 4.78 is 6.70. The third-order valence-electron chi connectivity index (χ3n) is 5.40. The Bertz CT molecular complexity index is 1080. The normalized spacial score (nSPS) is 18.3. The molecule has 0 radical (unpaired) electrons. The summed E-state index contributed by atoms with van der Waals surface area (Å²) >= 11 is 1.41. The van der Waals surface area contributed by atoms with E-state index >= 15 is 0 Å². The van der Waals surface area contributed by atoms with Crippen LogP contribution in [0.1, 0.15) is 33.6 Å². The SMILES string of the molecule is O=C1c2ccccc2C(=O)N1CC(=O)N(CC1CCCO1)c1nc2ccccc2s1. The van der Waals surface area contributed by atoms with Gasteiger partial charge in [-0.2, -0.15) is 0 Å². The highest BCUT2D eigenvalue weighted by atomic mass is 32.1. The molecule has 8 heteroatoms. The monoisotopic (exact) mass is 421 g/mol. The molecule has 1 atom stereocenters. The first kappa shape index (κ1) is 18.9. The van der Waals surface area contributed by atoms with Crippen molar-refractivity contribution in [1.82, 2.24) is 9.88 Å². The number of carbonyl (C=O) groups excluding carboxylic acids is 3. The molecule has 1 unspecified atom stereocenters. The predicted molar refractivity (Wildman–Crippen MR) is 113 cm³/mol. The Kier molecular flexibility index (Phi) is 4.80. The number of fused-ring (bicyclic) bond motifs is 2. The summed E-state index contributed by atoms with van der Waals surface area (Å²) in [7, 11) is 0. The topological polar surface area (TPSA) is 79.8 Å². The Morgan fingerprint density at radius 2 is 1.80 bits per heavy atom. The van der Waals surface area contributed by atoms with Crippen molar-refractivity contribution in [2.45, 2.75) is 18.9 Å². The number of hydrogen-bond donors (Lipinski definition) is 0. The number of rotatable bonds is 5. The number of amides is 3. The molecule has 0 spiro atoms. The highest BCUT2D eigenvalue weighted by molar-refractivity contribution is 7.22. The van der Waals surface area contributed by atoms with E-state index in [1.54, 1.807) is 29.2 Å². The van der Waals surface area contributed by atoms with Gasteiger partial charge in [0.25, 0.3) is 11.8 Å². The van der Waals surface area contributed by atoms with Crippen molar-refractivity contribution >= 4 is 44.4 Å². The zero-order chi connectivity index (χ0) is 20.7. The molecule has 30 heavy (non-hydrogen) atoms. The second-order valence-corrected chi connectivity index (χ2v) is 8.35. The van der Waals surface area contributed by atoms with E-state index in [4.69, 9.17) is 4.74 Å². The van der Waals surface area contributed by atoms with Gasteiger partial charge in [-0.1, -0.05) is 35.6 Å². The first-order valence-corrected chi connectivity index (χ1v) is 10.7. The van der Waals surface area contributed by atoms with Gasteiger partial charge in [0, 0.05) is 6.61 Å². The summed E-state index contributed by atoms with van der Waals surface area (Å²) in [6.07, 6.45) is 1.73. The maximum atomic E-state index is 13.3. The number of benzene rings is 2. The fourth-order valence-electron chi connectivity index (χ4n) is 3.86. The molecule has 0 bridgehead atoms. The average molecular weight is 421 g/mol. The van der Waals surface area contributed by atoms with Crippen LogP contribution in [0.15, 0.2) is 48.5 Å². The highest BCUT2D eigenvalue weighted by Crippen LogP contribution is 2.30. The number of thiazole rings is 1. The summed E-state index contributed by atoms with van der Waals surface area (Å²) in [6.45, 7) is 0.696. The van der Waals surface area contributed by atoms with Crippen LogP contribution in [0.4, 0.5) is 5.13 Å². The van der Waals surface area contributed by atoms with Crippen molar-refractivity contribution in [3.63, 3.8) is 0 Å². The molecule has 3 heterocycles. The van der Waals surface area contributed by atoms with Gasteiger partial charge in [-0.3, -0.25) is 24.2 Å². The lowest BCUT2D eigenvalue weighted by molar-refractivity contribution is -0.119. The van der Waals surface area contributed by atoms with E-state index in [-0.39, 0.29) is 18.6 Å². The van der Waals surface area contributed by atoms with Gasteiger partial charge in [0.15, 0.2) is 5.13 Å². The number of hydrogen-bond acceptors (Lipinski definition) is 6. The highest BCUT2D eigenvalue weighted by Gasteiger charge is 2.38. The molecule has 1 saturated heterocycles. The second-order valence-electron chi connectivity index (χ2n) is 7.35. The Hall–Kier alpha value is -3.10. The van der Waals surface area contributed by atoms with Crippen molar-refractivity contribution < 1.29 is 19.1 Å². The van der Waals surface area contributed by atoms with Crippen LogP contribution in [0, 0.1) is 0 Å². The lowest BCUT2D eigenvalue weighted by Gasteiger charge is -2.25. The molecule has 152 valence electrons. The van der Waals surface area contributed by atoms with Crippen molar-refractivity contribution in [3.05, 3.63) is 59.7 Å². The van der Waals surface area contributed by atoms with Crippen LogP contribution in [0.2, 0.25) is 0 Å². The van der Waals surface area contributed by atoms with E-state index in [9.17, 15) is 14.4 Å². The lowest BCUT2D eigenvalue weighted by atomic mass is 10.1. The third kappa shape index (κ3) is 3.28. The summed E-state index contributed by atoms with van der Waals surface area (Å²) in [6, 6.07) is 14.3. The minimum atomic E-state index is -0.440. The van der Waals surface area contributed by atoms with E-state index in [1.165, 1.54) is 11.3 Å². The molecule has 2 aromatic carbocycles. The molecule has 0 N–H and O–H groups in total. The summed E-state index contributed by atoms with van der Waals surface area (Å²) in [5.41, 5.74) is 1.48. The number of imide groups is 1. The van der Waals surface area contributed by atoms with Crippen LogP contribution in [-0.4, -0.2) is 53.4 Å². The molecule has 3 amide bonds. The molecule has 7 nitrogen and oxygen atoms in total. The Morgan fingerprint density at radius 3 is 2.47 bits per heavy atom. The fraction of sp³-hybridized carbons (Fsp3) is 0.273. The minimum absolute atomic E-state index is 0.0804. The number of para-hydroxylation sites is 1. The number of nitrogens with zero attached hydrogens (tertiary/aromatic N) is 3. The number of ether oxygens (including phenoxy) is 1. The van der Waals surface area contributed by atoms with Gasteiger partial charge in [-0.25, -0.2) is 4.98 Å². The van der Waals surface area contributed by atoms with Crippen molar-refractivity contribution in [3.8, 4) is 0 Å². The van der Waals surface area contributed by atoms with Crippen LogP contribution in [0.25, 0.3) is 10.2 Å². The van der Waals surface area contributed by atoms with Gasteiger partial charge in [0.2, 0.25) is 5.91 Å². The van der Waals surface area contributed by atoms with Crippen LogP contribution in [0.5, 0.6) is 0 Å². The van der Waals surface area contributed by atoms with E-state index in [2.05, 4.69) is 4.98 Å². The van der Waals surface area contributed by atoms with Gasteiger partial charge < -0.3 is 4.74 Å². The van der Waals surface area contributed by atoms with Gasteiger partial charge in [0.1, 0.15) is 6.54 Å². The molecule has 5 rings (SSSR count). The lowest BCUT2D eigenvalue weighted by Crippen LogP contribution is -2.45. The summed E-state index contributed by atoms with van der Waals surface area (Å²) in [4.78, 5) is 45.8. The molecule has 3 aromatic rings. The first-order chi connectivity index (χ1) is 14.6.